The zero-order valence-corrected chi connectivity index (χ0v) is 15.8. The van der Waals surface area contributed by atoms with Gasteiger partial charge in [0, 0.05) is 29.2 Å². The second-order valence-corrected chi connectivity index (χ2v) is 7.36. The van der Waals surface area contributed by atoms with Crippen molar-refractivity contribution < 1.29 is 0 Å². The van der Waals surface area contributed by atoms with Gasteiger partial charge in [-0.1, -0.05) is 13.8 Å². The van der Waals surface area contributed by atoms with Crippen molar-refractivity contribution in [3.63, 3.8) is 0 Å². The lowest BCUT2D eigenvalue weighted by Crippen LogP contribution is -2.01. The summed E-state index contributed by atoms with van der Waals surface area (Å²) >= 11 is 0. The molecule has 0 bridgehead atoms. The molecule has 0 N–H and O–H groups in total. The largest absolute Gasteiger partial charge is 0.343 e. The highest BCUT2D eigenvalue weighted by atomic mass is 15.0. The molecular formula is C21H27N3. The van der Waals surface area contributed by atoms with Gasteiger partial charge in [-0.3, -0.25) is 4.98 Å². The van der Waals surface area contributed by atoms with Crippen molar-refractivity contribution in [1.29, 1.82) is 0 Å². The molecule has 3 heterocycles. The molecule has 0 saturated heterocycles. The van der Waals surface area contributed by atoms with Crippen LogP contribution in [0.3, 0.4) is 0 Å². The molecule has 0 aromatic carbocycles. The van der Waals surface area contributed by atoms with Crippen LogP contribution < -0.4 is 0 Å². The smallest absolute Gasteiger partial charge is 0.0917 e. The zero-order chi connectivity index (χ0) is 17.6. The lowest BCUT2D eigenvalue weighted by atomic mass is 10.0. The van der Waals surface area contributed by atoms with Gasteiger partial charge in [-0.25, -0.2) is 4.98 Å². The van der Waals surface area contributed by atoms with E-state index in [1.165, 1.54) is 16.6 Å². The van der Waals surface area contributed by atoms with Crippen LogP contribution in [-0.2, 0) is 0 Å². The minimum atomic E-state index is 0.432. The molecule has 0 aliphatic carbocycles. The monoisotopic (exact) mass is 321 g/mol. The molecule has 0 aliphatic heterocycles. The third-order valence-corrected chi connectivity index (χ3v) is 4.69. The Hall–Kier alpha value is -2.16. The summed E-state index contributed by atoms with van der Waals surface area (Å²) in [5.41, 5.74) is 9.11. The van der Waals surface area contributed by atoms with Crippen molar-refractivity contribution >= 4 is 11.0 Å². The zero-order valence-electron chi connectivity index (χ0n) is 15.8. The van der Waals surface area contributed by atoms with Gasteiger partial charge in [-0.2, -0.15) is 0 Å². The first kappa shape index (κ1) is 16.7. The Balaban J connectivity index is 2.21. The number of pyridine rings is 2. The van der Waals surface area contributed by atoms with E-state index < -0.39 is 0 Å². The minimum absolute atomic E-state index is 0.432. The van der Waals surface area contributed by atoms with E-state index in [4.69, 9.17) is 9.97 Å². The molecular weight excluding hydrogens is 294 g/mol. The second-order valence-electron chi connectivity index (χ2n) is 7.36. The molecule has 3 heteroatoms. The Morgan fingerprint density at radius 1 is 0.917 bits per heavy atom. The topological polar surface area (TPSA) is 30.7 Å². The van der Waals surface area contributed by atoms with Crippen LogP contribution in [0.4, 0.5) is 0 Å². The summed E-state index contributed by atoms with van der Waals surface area (Å²) in [7, 11) is 0. The predicted octanol–water partition coefficient (Wildman–Crippen LogP) is 5.73. The molecule has 0 radical (unpaired) electrons. The molecule has 24 heavy (non-hydrogen) atoms. The van der Waals surface area contributed by atoms with Gasteiger partial charge in [0.25, 0.3) is 0 Å². The van der Waals surface area contributed by atoms with Crippen LogP contribution in [0, 0.1) is 20.8 Å². The summed E-state index contributed by atoms with van der Waals surface area (Å²) in [4.78, 5) is 9.80. The fraction of sp³-hybridized carbons (Fsp3) is 0.429. The van der Waals surface area contributed by atoms with E-state index >= 15 is 0 Å². The van der Waals surface area contributed by atoms with Crippen LogP contribution in [0.5, 0.6) is 0 Å². The van der Waals surface area contributed by atoms with Crippen molar-refractivity contribution in [3.8, 4) is 11.3 Å². The van der Waals surface area contributed by atoms with Gasteiger partial charge in [-0.15, -0.1) is 0 Å². The summed E-state index contributed by atoms with van der Waals surface area (Å²) in [6.07, 6.45) is 2.21. The molecule has 3 aromatic heterocycles. The Morgan fingerprint density at radius 2 is 1.62 bits per heavy atom. The van der Waals surface area contributed by atoms with E-state index in [-0.39, 0.29) is 0 Å². The third kappa shape index (κ3) is 2.72. The van der Waals surface area contributed by atoms with Gasteiger partial charge < -0.3 is 4.57 Å². The Labute approximate surface area is 144 Å². The van der Waals surface area contributed by atoms with Crippen LogP contribution in [0.15, 0.2) is 24.4 Å². The Morgan fingerprint density at radius 3 is 2.21 bits per heavy atom. The highest BCUT2D eigenvalue weighted by Crippen LogP contribution is 2.31. The molecule has 0 saturated carbocycles. The van der Waals surface area contributed by atoms with E-state index in [2.05, 4.69) is 77.4 Å². The Kier molecular flexibility index (Phi) is 4.20. The van der Waals surface area contributed by atoms with Crippen molar-refractivity contribution in [2.45, 2.75) is 60.4 Å². The molecule has 0 fully saturated rings. The first-order valence-electron chi connectivity index (χ1n) is 8.76. The lowest BCUT2D eigenvalue weighted by Gasteiger charge is -2.13. The van der Waals surface area contributed by atoms with Crippen molar-refractivity contribution in [2.75, 3.05) is 0 Å². The van der Waals surface area contributed by atoms with Gasteiger partial charge in [0.2, 0.25) is 0 Å². The number of aryl methyl sites for hydroxylation is 3. The summed E-state index contributed by atoms with van der Waals surface area (Å²) < 4.78 is 2.31. The fourth-order valence-corrected chi connectivity index (χ4v) is 3.28. The number of nitrogens with zero attached hydrogens (tertiary/aromatic N) is 3. The first-order valence-corrected chi connectivity index (χ1v) is 8.76. The van der Waals surface area contributed by atoms with E-state index in [0.29, 0.717) is 12.0 Å². The molecule has 3 nitrogen and oxygen atoms in total. The normalized spacial score (nSPS) is 11.9. The molecule has 0 atom stereocenters. The summed E-state index contributed by atoms with van der Waals surface area (Å²) in [5, 5.41) is 0. The van der Waals surface area contributed by atoms with Crippen LogP contribution in [0.2, 0.25) is 0 Å². The van der Waals surface area contributed by atoms with Crippen LogP contribution in [-0.4, -0.2) is 14.5 Å². The van der Waals surface area contributed by atoms with E-state index in [1.807, 2.05) is 0 Å². The van der Waals surface area contributed by atoms with E-state index in [1.54, 1.807) is 0 Å². The number of aromatic nitrogens is 3. The molecule has 0 aliphatic rings. The first-order chi connectivity index (χ1) is 11.3. The van der Waals surface area contributed by atoms with Gasteiger partial charge in [-0.05, 0) is 69.9 Å². The maximum Gasteiger partial charge on any atom is 0.0917 e. The number of rotatable bonds is 3. The van der Waals surface area contributed by atoms with Gasteiger partial charge >= 0.3 is 0 Å². The standard InChI is InChI=1S/C21H27N3/c1-12(2)18-9-8-17(16(7)22-18)20-14(5)10-19-21(23-20)15(6)11-24(19)13(3)4/h8-13H,1-7H3. The van der Waals surface area contributed by atoms with Gasteiger partial charge in [0.15, 0.2) is 0 Å². The SMILES string of the molecule is Cc1cc2c(nc1-c1ccc(C(C)C)nc1C)c(C)cn2C(C)C. The average Bonchev–Trinajstić information content (AvgIpc) is 2.83. The van der Waals surface area contributed by atoms with Crippen molar-refractivity contribution in [1.82, 2.24) is 14.5 Å². The molecule has 0 spiro atoms. The fourth-order valence-electron chi connectivity index (χ4n) is 3.28. The third-order valence-electron chi connectivity index (χ3n) is 4.69. The quantitative estimate of drug-likeness (QED) is 0.617. The van der Waals surface area contributed by atoms with Crippen LogP contribution in [0.1, 0.15) is 62.2 Å². The van der Waals surface area contributed by atoms with Crippen LogP contribution in [0.25, 0.3) is 22.3 Å². The maximum atomic E-state index is 5.02. The minimum Gasteiger partial charge on any atom is -0.343 e. The van der Waals surface area contributed by atoms with Gasteiger partial charge in [0.1, 0.15) is 0 Å². The number of hydrogen-bond acceptors (Lipinski definition) is 2. The van der Waals surface area contributed by atoms with Crippen molar-refractivity contribution in [3.05, 3.63) is 46.9 Å². The van der Waals surface area contributed by atoms with E-state index in [9.17, 15) is 0 Å². The maximum absolute atomic E-state index is 5.02. The number of hydrogen-bond donors (Lipinski definition) is 0. The summed E-state index contributed by atoms with van der Waals surface area (Å²) in [6.45, 7) is 15.1. The molecule has 0 unspecified atom stereocenters. The molecule has 3 rings (SSSR count). The van der Waals surface area contributed by atoms with Crippen molar-refractivity contribution in [2.24, 2.45) is 0 Å². The molecule has 3 aromatic rings. The summed E-state index contributed by atoms with van der Waals surface area (Å²) in [6, 6.07) is 7.00. The summed E-state index contributed by atoms with van der Waals surface area (Å²) in [5.74, 6) is 0.441. The lowest BCUT2D eigenvalue weighted by molar-refractivity contribution is 0.621. The predicted molar refractivity (Wildman–Crippen MR) is 102 cm³/mol. The second kappa shape index (κ2) is 6.04. The average molecular weight is 321 g/mol. The molecule has 0 amide bonds. The Bertz CT molecular complexity index is 901. The van der Waals surface area contributed by atoms with E-state index in [0.717, 1.165) is 28.2 Å². The van der Waals surface area contributed by atoms with Gasteiger partial charge in [0.05, 0.1) is 16.7 Å². The van der Waals surface area contributed by atoms with Crippen LogP contribution >= 0.6 is 0 Å². The molecule has 126 valence electrons. The number of fused-ring (bicyclic) bond motifs is 1. The highest BCUT2D eigenvalue weighted by molar-refractivity contribution is 5.84. The highest BCUT2D eigenvalue weighted by Gasteiger charge is 2.15.